The van der Waals surface area contributed by atoms with Gasteiger partial charge in [0.15, 0.2) is 0 Å². The number of hydrogen-bond donors (Lipinski definition) is 2. The van der Waals surface area contributed by atoms with Gasteiger partial charge in [-0.15, -0.1) is 0 Å². The number of carbonyl (C=O) groups excluding carboxylic acids is 1. The van der Waals surface area contributed by atoms with Crippen LogP contribution in [0.5, 0.6) is 5.75 Å². The molecule has 4 nitrogen and oxygen atoms in total. The smallest absolute Gasteiger partial charge is 0.254 e. The highest BCUT2D eigenvalue weighted by atomic mass is 32.1. The van der Waals surface area contributed by atoms with Gasteiger partial charge < -0.3 is 15.0 Å². The van der Waals surface area contributed by atoms with Crippen molar-refractivity contribution >= 4 is 18.1 Å². The Morgan fingerprint density at radius 3 is 2.95 bits per heavy atom. The number of aromatic nitrogens is 1. The van der Waals surface area contributed by atoms with Crippen LogP contribution in [0.2, 0.25) is 0 Å². The Morgan fingerprint density at radius 1 is 1.32 bits per heavy atom. The molecule has 1 aromatic heterocycles. The lowest BCUT2D eigenvalue weighted by atomic mass is 10.2. The third-order valence-electron chi connectivity index (χ3n) is 3.18. The van der Waals surface area contributed by atoms with Crippen LogP contribution in [0.1, 0.15) is 35.7 Å². The van der Waals surface area contributed by atoms with Gasteiger partial charge in [-0.25, -0.2) is 0 Å². The van der Waals surface area contributed by atoms with Gasteiger partial charge in [0.05, 0.1) is 12.2 Å². The molecule has 0 aliphatic carbocycles. The molecule has 0 fully saturated rings. The molecular weight excluding hydrogens is 296 g/mol. The van der Waals surface area contributed by atoms with Crippen LogP contribution in [0.15, 0.2) is 42.6 Å². The molecule has 0 saturated heterocycles. The number of carbonyl (C=O) groups is 1. The SMILES string of the molecule is CCCCOc1cccc(CNC(=O)c2ccc[nH]c2=S)c1. The van der Waals surface area contributed by atoms with E-state index in [1.165, 1.54) is 0 Å². The van der Waals surface area contributed by atoms with Crippen molar-refractivity contribution in [3.05, 3.63) is 58.4 Å². The highest BCUT2D eigenvalue weighted by Gasteiger charge is 2.07. The average Bonchev–Trinajstić information content (AvgIpc) is 2.54. The fourth-order valence-corrected chi connectivity index (χ4v) is 2.19. The summed E-state index contributed by atoms with van der Waals surface area (Å²) < 4.78 is 6.10. The Balaban J connectivity index is 1.94. The Hall–Kier alpha value is -2.14. The lowest BCUT2D eigenvalue weighted by Gasteiger charge is -2.09. The molecule has 0 spiro atoms. The van der Waals surface area contributed by atoms with Gasteiger partial charge in [0, 0.05) is 12.7 Å². The van der Waals surface area contributed by atoms with Gasteiger partial charge in [-0.2, -0.15) is 0 Å². The number of amides is 1. The van der Waals surface area contributed by atoms with Gasteiger partial charge in [-0.05, 0) is 36.2 Å². The van der Waals surface area contributed by atoms with Crippen molar-refractivity contribution in [1.82, 2.24) is 10.3 Å². The first kappa shape index (κ1) is 16.2. The second kappa shape index (κ2) is 8.34. The molecular formula is C17H20N2O2S. The summed E-state index contributed by atoms with van der Waals surface area (Å²) in [6.45, 7) is 3.28. The zero-order valence-corrected chi connectivity index (χ0v) is 13.4. The van der Waals surface area contributed by atoms with Gasteiger partial charge in [-0.1, -0.05) is 37.7 Å². The first-order valence-electron chi connectivity index (χ1n) is 7.38. The number of nitrogens with one attached hydrogen (secondary N) is 2. The number of unbranched alkanes of at least 4 members (excludes halogenated alkanes) is 1. The van der Waals surface area contributed by atoms with E-state index in [2.05, 4.69) is 17.2 Å². The van der Waals surface area contributed by atoms with Crippen LogP contribution in [-0.4, -0.2) is 17.5 Å². The Labute approximate surface area is 135 Å². The second-order valence-corrected chi connectivity index (χ2v) is 5.35. The molecule has 2 N–H and O–H groups in total. The minimum absolute atomic E-state index is 0.181. The van der Waals surface area contributed by atoms with Crippen molar-refractivity contribution in [2.75, 3.05) is 6.61 Å². The van der Waals surface area contributed by atoms with Crippen LogP contribution in [-0.2, 0) is 6.54 Å². The van der Waals surface area contributed by atoms with Crippen molar-refractivity contribution in [2.24, 2.45) is 0 Å². The van der Waals surface area contributed by atoms with Crippen molar-refractivity contribution in [2.45, 2.75) is 26.3 Å². The standard InChI is InChI=1S/C17H20N2O2S/c1-2-3-10-21-14-7-4-6-13(11-14)12-19-16(20)15-8-5-9-18-17(15)22/h4-9,11H,2-3,10,12H2,1H3,(H,18,22)(H,19,20). The van der Waals surface area contributed by atoms with Crippen molar-refractivity contribution in [3.8, 4) is 5.75 Å². The second-order valence-electron chi connectivity index (χ2n) is 4.95. The minimum Gasteiger partial charge on any atom is -0.494 e. The number of aromatic amines is 1. The number of ether oxygens (including phenoxy) is 1. The van der Waals surface area contributed by atoms with Crippen LogP contribution >= 0.6 is 12.2 Å². The third-order valence-corrected chi connectivity index (χ3v) is 3.52. The third kappa shape index (κ3) is 4.70. The fraction of sp³-hybridized carbons (Fsp3) is 0.294. The monoisotopic (exact) mass is 316 g/mol. The summed E-state index contributed by atoms with van der Waals surface area (Å²) in [5.74, 6) is 0.649. The highest BCUT2D eigenvalue weighted by molar-refractivity contribution is 7.71. The molecule has 0 radical (unpaired) electrons. The van der Waals surface area contributed by atoms with Crippen LogP contribution < -0.4 is 10.1 Å². The van der Waals surface area contributed by atoms with E-state index in [4.69, 9.17) is 17.0 Å². The van der Waals surface area contributed by atoms with Gasteiger partial charge in [-0.3, -0.25) is 4.79 Å². The number of rotatable bonds is 7. The maximum atomic E-state index is 12.1. The molecule has 5 heteroatoms. The van der Waals surface area contributed by atoms with Gasteiger partial charge in [0.1, 0.15) is 10.4 Å². The maximum Gasteiger partial charge on any atom is 0.254 e. The summed E-state index contributed by atoms with van der Waals surface area (Å²) in [7, 11) is 0. The largest absolute Gasteiger partial charge is 0.494 e. The number of pyridine rings is 1. The molecule has 0 saturated carbocycles. The number of H-pyrrole nitrogens is 1. The summed E-state index contributed by atoms with van der Waals surface area (Å²) >= 11 is 5.10. The average molecular weight is 316 g/mol. The van der Waals surface area contributed by atoms with E-state index < -0.39 is 0 Å². The zero-order valence-electron chi connectivity index (χ0n) is 12.6. The molecule has 22 heavy (non-hydrogen) atoms. The topological polar surface area (TPSA) is 54.1 Å². The molecule has 2 rings (SSSR count). The fourth-order valence-electron chi connectivity index (χ4n) is 1.96. The van der Waals surface area contributed by atoms with E-state index in [9.17, 15) is 4.79 Å². The molecule has 0 bridgehead atoms. The first-order valence-corrected chi connectivity index (χ1v) is 7.79. The Bertz CT molecular complexity index is 682. The highest BCUT2D eigenvalue weighted by Crippen LogP contribution is 2.14. The van der Waals surface area contributed by atoms with Gasteiger partial charge in [0.2, 0.25) is 0 Å². The predicted octanol–water partition coefficient (Wildman–Crippen LogP) is 3.85. The van der Waals surface area contributed by atoms with Crippen molar-refractivity contribution in [1.29, 1.82) is 0 Å². The van der Waals surface area contributed by atoms with E-state index in [-0.39, 0.29) is 5.91 Å². The lowest BCUT2D eigenvalue weighted by Crippen LogP contribution is -2.23. The van der Waals surface area contributed by atoms with E-state index in [0.29, 0.717) is 23.4 Å². The van der Waals surface area contributed by atoms with Crippen molar-refractivity contribution in [3.63, 3.8) is 0 Å². The molecule has 0 atom stereocenters. The minimum atomic E-state index is -0.181. The molecule has 1 amide bonds. The van der Waals surface area contributed by atoms with Gasteiger partial charge in [0.25, 0.3) is 5.91 Å². The van der Waals surface area contributed by atoms with Crippen LogP contribution in [0.25, 0.3) is 0 Å². The summed E-state index contributed by atoms with van der Waals surface area (Å²) in [6, 6.07) is 11.2. The van der Waals surface area contributed by atoms with Gasteiger partial charge >= 0.3 is 0 Å². The summed E-state index contributed by atoms with van der Waals surface area (Å²) in [4.78, 5) is 15.0. The van der Waals surface area contributed by atoms with Crippen LogP contribution in [0.3, 0.4) is 0 Å². The Morgan fingerprint density at radius 2 is 2.18 bits per heavy atom. The van der Waals surface area contributed by atoms with Crippen molar-refractivity contribution < 1.29 is 9.53 Å². The molecule has 0 aliphatic heterocycles. The molecule has 0 aliphatic rings. The molecule has 1 aromatic carbocycles. The van der Waals surface area contributed by atoms with E-state index in [0.717, 1.165) is 24.2 Å². The van der Waals surface area contributed by atoms with E-state index in [1.54, 1.807) is 18.3 Å². The van der Waals surface area contributed by atoms with Crippen LogP contribution in [0.4, 0.5) is 0 Å². The summed E-state index contributed by atoms with van der Waals surface area (Å²) in [6.07, 6.45) is 3.84. The maximum absolute atomic E-state index is 12.1. The summed E-state index contributed by atoms with van der Waals surface area (Å²) in [5.41, 5.74) is 1.47. The predicted molar refractivity (Wildman–Crippen MR) is 89.6 cm³/mol. The van der Waals surface area contributed by atoms with E-state index in [1.807, 2.05) is 24.3 Å². The Kier molecular flexibility index (Phi) is 6.15. The molecule has 2 aromatic rings. The van der Waals surface area contributed by atoms with E-state index >= 15 is 0 Å². The normalized spacial score (nSPS) is 10.2. The number of hydrogen-bond acceptors (Lipinski definition) is 3. The number of benzene rings is 1. The molecule has 0 unspecified atom stereocenters. The zero-order chi connectivity index (χ0) is 15.8. The quantitative estimate of drug-likeness (QED) is 0.602. The summed E-state index contributed by atoms with van der Waals surface area (Å²) in [5, 5.41) is 2.87. The van der Waals surface area contributed by atoms with Crippen LogP contribution in [0, 0.1) is 4.64 Å². The molecule has 1 heterocycles. The molecule has 116 valence electrons. The lowest BCUT2D eigenvalue weighted by molar-refractivity contribution is 0.0950. The first-order chi connectivity index (χ1) is 10.7.